The lowest BCUT2D eigenvalue weighted by molar-refractivity contribution is -0.124. The topological polar surface area (TPSA) is 67.6 Å². The number of piperidine rings is 1. The van der Waals surface area contributed by atoms with E-state index in [2.05, 4.69) is 5.32 Å². The number of ether oxygens (including phenoxy) is 1. The Morgan fingerprint density at radius 1 is 1.50 bits per heavy atom. The van der Waals surface area contributed by atoms with Crippen LogP contribution in [0.4, 0.5) is 4.39 Å². The summed E-state index contributed by atoms with van der Waals surface area (Å²) in [7, 11) is 0. The van der Waals surface area contributed by atoms with Crippen molar-refractivity contribution in [3.63, 3.8) is 0 Å². The van der Waals surface area contributed by atoms with Gasteiger partial charge in [0.15, 0.2) is 6.61 Å². The second-order valence-corrected chi connectivity index (χ2v) is 5.15. The van der Waals surface area contributed by atoms with Crippen LogP contribution in [0.1, 0.15) is 12.8 Å². The van der Waals surface area contributed by atoms with Gasteiger partial charge >= 0.3 is 0 Å². The van der Waals surface area contributed by atoms with E-state index in [4.69, 9.17) is 22.2 Å². The molecule has 0 aromatic heterocycles. The predicted octanol–water partition coefficient (Wildman–Crippen LogP) is 1.31. The van der Waals surface area contributed by atoms with Crippen molar-refractivity contribution in [3.05, 3.63) is 29.0 Å². The quantitative estimate of drug-likeness (QED) is 0.823. The fourth-order valence-corrected chi connectivity index (χ4v) is 2.15. The number of halogens is 2. The molecule has 1 aliphatic rings. The third kappa shape index (κ3) is 4.33. The first-order valence-electron chi connectivity index (χ1n) is 6.41. The summed E-state index contributed by atoms with van der Waals surface area (Å²) < 4.78 is 18.4. The molecule has 1 saturated heterocycles. The van der Waals surface area contributed by atoms with Gasteiger partial charge in [0, 0.05) is 25.2 Å². The van der Waals surface area contributed by atoms with Crippen LogP contribution in [0.15, 0.2) is 18.2 Å². The van der Waals surface area contributed by atoms with E-state index in [1.807, 2.05) is 0 Å². The number of rotatable bonds is 4. The highest BCUT2D eigenvalue weighted by Gasteiger charge is 2.18. The van der Waals surface area contributed by atoms with Crippen LogP contribution in [0.5, 0.6) is 5.75 Å². The smallest absolute Gasteiger partial charge is 0.258 e. The molecule has 0 atom stereocenters. The molecule has 3 N–H and O–H groups in total. The second kappa shape index (κ2) is 6.88. The number of carbonyl (C=O) groups is 1. The molecule has 0 bridgehead atoms. The van der Waals surface area contributed by atoms with Crippen molar-refractivity contribution in [1.29, 1.82) is 0 Å². The maximum Gasteiger partial charge on any atom is 0.258 e. The number of hydrogen-bond acceptors (Lipinski definition) is 4. The molecule has 1 fully saturated rings. The van der Waals surface area contributed by atoms with Gasteiger partial charge < -0.3 is 10.1 Å². The Hall–Kier alpha value is -1.37. The van der Waals surface area contributed by atoms with Gasteiger partial charge in [-0.2, -0.15) is 0 Å². The molecular formula is C13H17ClFN3O2. The van der Waals surface area contributed by atoms with E-state index in [1.165, 1.54) is 12.1 Å². The van der Waals surface area contributed by atoms with Crippen LogP contribution in [-0.2, 0) is 4.79 Å². The number of hydrazine groups is 1. The molecule has 7 heteroatoms. The number of amides is 1. The molecule has 1 heterocycles. The molecule has 1 aliphatic heterocycles. The summed E-state index contributed by atoms with van der Waals surface area (Å²) in [6, 6.07) is 4.18. The lowest BCUT2D eigenvalue weighted by Gasteiger charge is -2.28. The minimum atomic E-state index is -0.570. The molecule has 1 aromatic carbocycles. The van der Waals surface area contributed by atoms with Crippen LogP contribution >= 0.6 is 11.6 Å². The average molecular weight is 302 g/mol. The van der Waals surface area contributed by atoms with Gasteiger partial charge in [0.05, 0.1) is 5.02 Å². The van der Waals surface area contributed by atoms with Gasteiger partial charge in [-0.25, -0.2) is 9.40 Å². The Morgan fingerprint density at radius 3 is 2.85 bits per heavy atom. The van der Waals surface area contributed by atoms with Crippen LogP contribution in [0.3, 0.4) is 0 Å². The first-order valence-corrected chi connectivity index (χ1v) is 6.79. The summed E-state index contributed by atoms with van der Waals surface area (Å²) in [5.41, 5.74) is 0. The van der Waals surface area contributed by atoms with Gasteiger partial charge in [-0.15, -0.1) is 0 Å². The second-order valence-electron chi connectivity index (χ2n) is 4.74. The number of benzene rings is 1. The van der Waals surface area contributed by atoms with Crippen LogP contribution < -0.4 is 15.9 Å². The first-order chi connectivity index (χ1) is 9.54. The maximum atomic E-state index is 13.2. The Bertz CT molecular complexity index is 479. The normalized spacial score (nSPS) is 16.9. The summed E-state index contributed by atoms with van der Waals surface area (Å²) >= 11 is 5.56. The number of nitrogens with zero attached hydrogens (tertiary/aromatic N) is 1. The Kier molecular flexibility index (Phi) is 5.17. The molecular weight excluding hydrogens is 285 g/mol. The summed E-state index contributed by atoms with van der Waals surface area (Å²) in [5.74, 6) is 5.12. The minimum absolute atomic E-state index is 0.0235. The van der Waals surface area contributed by atoms with Crippen molar-refractivity contribution < 1.29 is 13.9 Å². The molecule has 1 aromatic rings. The van der Waals surface area contributed by atoms with Gasteiger partial charge in [-0.1, -0.05) is 11.6 Å². The van der Waals surface area contributed by atoms with Crippen molar-refractivity contribution in [1.82, 2.24) is 10.3 Å². The van der Waals surface area contributed by atoms with Crippen molar-refractivity contribution in [2.75, 3.05) is 19.7 Å². The van der Waals surface area contributed by atoms with Crippen LogP contribution in [0, 0.1) is 5.82 Å². The Balaban J connectivity index is 1.76. The third-order valence-corrected chi connectivity index (χ3v) is 3.46. The number of nitrogens with two attached hydrogens (primary N) is 1. The van der Waals surface area contributed by atoms with Gasteiger partial charge in [0.25, 0.3) is 5.91 Å². The minimum Gasteiger partial charge on any atom is -0.484 e. The molecule has 0 saturated carbocycles. The number of nitrogens with one attached hydrogen (secondary N) is 1. The highest BCUT2D eigenvalue weighted by atomic mass is 35.5. The van der Waals surface area contributed by atoms with Crippen molar-refractivity contribution in [2.24, 2.45) is 5.84 Å². The van der Waals surface area contributed by atoms with E-state index < -0.39 is 5.82 Å². The third-order valence-electron chi connectivity index (χ3n) is 3.16. The monoisotopic (exact) mass is 301 g/mol. The SMILES string of the molecule is NN1CCC(NC(=O)COc2ccc(Cl)c(F)c2)CC1. The summed E-state index contributed by atoms with van der Waals surface area (Å²) in [5, 5.41) is 4.62. The van der Waals surface area contributed by atoms with Crippen LogP contribution in [-0.4, -0.2) is 36.7 Å². The zero-order valence-electron chi connectivity index (χ0n) is 10.9. The highest BCUT2D eigenvalue weighted by molar-refractivity contribution is 6.30. The summed E-state index contributed by atoms with van der Waals surface area (Å²) in [6.45, 7) is 1.37. The van der Waals surface area contributed by atoms with E-state index in [9.17, 15) is 9.18 Å². The van der Waals surface area contributed by atoms with Gasteiger partial charge in [-0.3, -0.25) is 10.6 Å². The predicted molar refractivity (Wildman–Crippen MR) is 73.8 cm³/mol. The van der Waals surface area contributed by atoms with Gasteiger partial charge in [0.2, 0.25) is 0 Å². The maximum absolute atomic E-state index is 13.2. The largest absolute Gasteiger partial charge is 0.484 e. The van der Waals surface area contributed by atoms with E-state index in [0.29, 0.717) is 0 Å². The summed E-state index contributed by atoms with van der Waals surface area (Å²) in [6.07, 6.45) is 1.63. The van der Waals surface area contributed by atoms with Crippen molar-refractivity contribution in [3.8, 4) is 5.75 Å². The molecule has 20 heavy (non-hydrogen) atoms. The lowest BCUT2D eigenvalue weighted by atomic mass is 10.1. The van der Waals surface area contributed by atoms with Crippen LogP contribution in [0.25, 0.3) is 0 Å². The molecule has 0 aliphatic carbocycles. The van der Waals surface area contributed by atoms with Crippen molar-refractivity contribution in [2.45, 2.75) is 18.9 Å². The van der Waals surface area contributed by atoms with E-state index in [1.54, 1.807) is 5.01 Å². The van der Waals surface area contributed by atoms with Crippen molar-refractivity contribution >= 4 is 17.5 Å². The highest BCUT2D eigenvalue weighted by Crippen LogP contribution is 2.20. The fraction of sp³-hybridized carbons (Fsp3) is 0.462. The Labute approximate surface area is 121 Å². The van der Waals surface area contributed by atoms with E-state index in [-0.39, 0.29) is 29.3 Å². The molecule has 2 rings (SSSR count). The first kappa shape index (κ1) is 15.0. The average Bonchev–Trinajstić information content (AvgIpc) is 2.43. The van der Waals surface area contributed by atoms with Gasteiger partial charge in [0.1, 0.15) is 11.6 Å². The zero-order valence-corrected chi connectivity index (χ0v) is 11.7. The van der Waals surface area contributed by atoms with E-state index >= 15 is 0 Å². The standard InChI is InChI=1S/C13H17ClFN3O2/c14-11-2-1-10(7-12(11)15)20-8-13(19)17-9-3-5-18(16)6-4-9/h1-2,7,9H,3-6,8,16H2,(H,17,19). The molecule has 0 spiro atoms. The zero-order chi connectivity index (χ0) is 14.5. The fourth-order valence-electron chi connectivity index (χ4n) is 2.03. The number of hydrogen-bond donors (Lipinski definition) is 2. The van der Waals surface area contributed by atoms with Crippen LogP contribution in [0.2, 0.25) is 5.02 Å². The molecule has 0 unspecified atom stereocenters. The molecule has 0 radical (unpaired) electrons. The molecule has 5 nitrogen and oxygen atoms in total. The van der Waals surface area contributed by atoms with E-state index in [0.717, 1.165) is 32.0 Å². The van der Waals surface area contributed by atoms with Gasteiger partial charge in [-0.05, 0) is 25.0 Å². The Morgan fingerprint density at radius 2 is 2.20 bits per heavy atom. The molecule has 1 amide bonds. The summed E-state index contributed by atoms with van der Waals surface area (Å²) in [4.78, 5) is 11.7. The number of carbonyl (C=O) groups excluding carboxylic acids is 1. The lowest BCUT2D eigenvalue weighted by Crippen LogP contribution is -2.47. The molecule has 110 valence electrons.